The minimum absolute atomic E-state index is 0.307. The van der Waals surface area contributed by atoms with Gasteiger partial charge in [0, 0.05) is 11.0 Å². The largest absolute Gasteiger partial charge is 0.493 e. The highest BCUT2D eigenvalue weighted by molar-refractivity contribution is 9.10. The van der Waals surface area contributed by atoms with Crippen molar-refractivity contribution in [3.05, 3.63) is 45.9 Å². The molecule has 7 heteroatoms. The highest BCUT2D eigenvalue weighted by atomic mass is 79.9. The Morgan fingerprint density at radius 2 is 1.68 bits per heavy atom. The molecule has 0 atom stereocenters. The monoisotopic (exact) mass is 408 g/mol. The number of carbonyl (C=O) groups excluding carboxylic acids is 1. The Bertz CT molecular complexity index is 740. The molecule has 0 aliphatic carbocycles. The molecule has 0 radical (unpaired) electrons. The number of ether oxygens (including phenoxy) is 3. The Balaban J connectivity index is 2.06. The zero-order valence-corrected chi connectivity index (χ0v) is 16.2. The first-order chi connectivity index (χ1) is 12.0. The van der Waals surface area contributed by atoms with E-state index in [2.05, 4.69) is 26.6 Å². The van der Waals surface area contributed by atoms with Crippen LogP contribution in [0.2, 0.25) is 0 Å². The molecule has 134 valence electrons. The van der Waals surface area contributed by atoms with Gasteiger partial charge in [0.15, 0.2) is 11.5 Å². The van der Waals surface area contributed by atoms with E-state index in [-0.39, 0.29) is 6.03 Å². The molecule has 0 fully saturated rings. The summed E-state index contributed by atoms with van der Waals surface area (Å²) in [4.78, 5) is 12.1. The molecule has 2 N–H and O–H groups in total. The first kappa shape index (κ1) is 18.9. The van der Waals surface area contributed by atoms with Gasteiger partial charge in [-0.3, -0.25) is 0 Å². The van der Waals surface area contributed by atoms with E-state index in [0.29, 0.717) is 29.5 Å². The fourth-order valence-electron chi connectivity index (χ4n) is 2.31. The molecule has 6 nitrogen and oxygen atoms in total. The number of benzene rings is 2. The molecule has 25 heavy (non-hydrogen) atoms. The number of methoxy groups -OCH3 is 3. The molecule has 0 heterocycles. The summed E-state index contributed by atoms with van der Waals surface area (Å²) in [5.41, 5.74) is 2.64. The van der Waals surface area contributed by atoms with E-state index in [1.807, 2.05) is 25.1 Å². The number of carbonyl (C=O) groups is 1. The standard InChI is InChI=1S/C18H21BrN2O4/c1-11-5-6-14(13(19)7-11)21-18(22)20-10-12-8-15(23-2)17(25-4)16(9-12)24-3/h5-9H,10H2,1-4H3,(H2,20,21,22). The Kier molecular flexibility index (Phi) is 6.52. The molecule has 0 bridgehead atoms. The fraction of sp³-hybridized carbons (Fsp3) is 0.278. The summed E-state index contributed by atoms with van der Waals surface area (Å²) in [5, 5.41) is 5.61. The number of hydrogen-bond acceptors (Lipinski definition) is 4. The second-order valence-corrected chi connectivity index (χ2v) is 6.18. The van der Waals surface area contributed by atoms with Gasteiger partial charge in [0.25, 0.3) is 0 Å². The van der Waals surface area contributed by atoms with Crippen LogP contribution in [0, 0.1) is 6.92 Å². The lowest BCUT2D eigenvalue weighted by molar-refractivity contribution is 0.251. The fourth-order valence-corrected chi connectivity index (χ4v) is 2.90. The summed E-state index contributed by atoms with van der Waals surface area (Å²) in [5.74, 6) is 1.60. The average Bonchev–Trinajstić information content (AvgIpc) is 2.61. The van der Waals surface area contributed by atoms with Crippen LogP contribution in [0.5, 0.6) is 17.2 Å². The number of anilines is 1. The van der Waals surface area contributed by atoms with E-state index in [9.17, 15) is 4.79 Å². The van der Waals surface area contributed by atoms with E-state index >= 15 is 0 Å². The van der Waals surface area contributed by atoms with Crippen molar-refractivity contribution in [1.29, 1.82) is 0 Å². The van der Waals surface area contributed by atoms with Crippen LogP contribution in [-0.2, 0) is 6.54 Å². The van der Waals surface area contributed by atoms with Gasteiger partial charge in [-0.15, -0.1) is 0 Å². The molecular weight excluding hydrogens is 388 g/mol. The van der Waals surface area contributed by atoms with Crippen molar-refractivity contribution in [3.63, 3.8) is 0 Å². The van der Waals surface area contributed by atoms with Crippen LogP contribution in [0.25, 0.3) is 0 Å². The van der Waals surface area contributed by atoms with Crippen molar-refractivity contribution in [2.24, 2.45) is 0 Å². The summed E-state index contributed by atoms with van der Waals surface area (Å²) < 4.78 is 16.7. The maximum atomic E-state index is 12.1. The highest BCUT2D eigenvalue weighted by Gasteiger charge is 2.13. The third-order valence-corrected chi connectivity index (χ3v) is 4.21. The van der Waals surface area contributed by atoms with Crippen molar-refractivity contribution < 1.29 is 19.0 Å². The summed E-state index contributed by atoms with van der Waals surface area (Å²) in [6.45, 7) is 2.30. The molecule has 0 aliphatic rings. The van der Waals surface area contributed by atoms with Gasteiger partial charge in [0.2, 0.25) is 5.75 Å². The van der Waals surface area contributed by atoms with E-state index < -0.39 is 0 Å². The van der Waals surface area contributed by atoms with Gasteiger partial charge in [-0.25, -0.2) is 4.79 Å². The van der Waals surface area contributed by atoms with Gasteiger partial charge in [-0.1, -0.05) is 6.07 Å². The Morgan fingerprint density at radius 1 is 1.04 bits per heavy atom. The van der Waals surface area contributed by atoms with Crippen molar-refractivity contribution in [1.82, 2.24) is 5.32 Å². The average molecular weight is 409 g/mol. The Hall–Kier alpha value is -2.41. The Labute approximate surface area is 155 Å². The quantitative estimate of drug-likeness (QED) is 0.754. The maximum absolute atomic E-state index is 12.1. The molecule has 2 aromatic rings. The first-order valence-electron chi connectivity index (χ1n) is 7.58. The summed E-state index contributed by atoms with van der Waals surface area (Å²) in [6.07, 6.45) is 0. The van der Waals surface area contributed by atoms with Crippen molar-refractivity contribution in [2.75, 3.05) is 26.6 Å². The lowest BCUT2D eigenvalue weighted by Crippen LogP contribution is -2.28. The smallest absolute Gasteiger partial charge is 0.319 e. The summed E-state index contributed by atoms with van der Waals surface area (Å²) >= 11 is 3.44. The second-order valence-electron chi connectivity index (χ2n) is 5.32. The second kappa shape index (κ2) is 8.62. The number of aryl methyl sites for hydroxylation is 1. The normalized spacial score (nSPS) is 10.1. The SMILES string of the molecule is COc1cc(CNC(=O)Nc2ccc(C)cc2Br)cc(OC)c1OC. The van der Waals surface area contributed by atoms with Gasteiger partial charge in [0.1, 0.15) is 0 Å². The molecule has 0 unspecified atom stereocenters. The minimum atomic E-state index is -0.307. The lowest BCUT2D eigenvalue weighted by atomic mass is 10.2. The van der Waals surface area contributed by atoms with E-state index in [0.717, 1.165) is 15.6 Å². The van der Waals surface area contributed by atoms with Crippen molar-refractivity contribution >= 4 is 27.6 Å². The topological polar surface area (TPSA) is 68.8 Å². The number of hydrogen-bond donors (Lipinski definition) is 2. The Morgan fingerprint density at radius 3 is 2.20 bits per heavy atom. The van der Waals surface area contributed by atoms with Gasteiger partial charge in [0.05, 0.1) is 27.0 Å². The van der Waals surface area contributed by atoms with Crippen LogP contribution >= 0.6 is 15.9 Å². The van der Waals surface area contributed by atoms with Gasteiger partial charge in [-0.05, 0) is 58.2 Å². The van der Waals surface area contributed by atoms with E-state index in [1.165, 1.54) is 0 Å². The number of urea groups is 1. The van der Waals surface area contributed by atoms with Crippen LogP contribution in [0.4, 0.5) is 10.5 Å². The third-order valence-electron chi connectivity index (χ3n) is 3.55. The highest BCUT2D eigenvalue weighted by Crippen LogP contribution is 2.38. The van der Waals surface area contributed by atoms with Crippen LogP contribution in [-0.4, -0.2) is 27.4 Å². The van der Waals surface area contributed by atoms with Gasteiger partial charge >= 0.3 is 6.03 Å². The number of rotatable bonds is 6. The van der Waals surface area contributed by atoms with E-state index in [1.54, 1.807) is 33.5 Å². The summed E-state index contributed by atoms with van der Waals surface area (Å²) in [6, 6.07) is 9.00. The predicted octanol–water partition coefficient (Wildman–Crippen LogP) is 4.11. The predicted molar refractivity (Wildman–Crippen MR) is 101 cm³/mol. The third kappa shape index (κ3) is 4.79. The zero-order chi connectivity index (χ0) is 18.4. The molecule has 0 spiro atoms. The first-order valence-corrected chi connectivity index (χ1v) is 8.37. The molecule has 0 aliphatic heterocycles. The van der Waals surface area contributed by atoms with Crippen LogP contribution in [0.3, 0.4) is 0 Å². The van der Waals surface area contributed by atoms with E-state index in [4.69, 9.17) is 14.2 Å². The minimum Gasteiger partial charge on any atom is -0.493 e. The molecule has 0 aromatic heterocycles. The zero-order valence-electron chi connectivity index (χ0n) is 14.6. The molecular formula is C18H21BrN2O4. The summed E-state index contributed by atoms with van der Waals surface area (Å²) in [7, 11) is 4.65. The lowest BCUT2D eigenvalue weighted by Gasteiger charge is -2.15. The molecule has 2 rings (SSSR count). The van der Waals surface area contributed by atoms with Crippen LogP contribution < -0.4 is 24.8 Å². The molecule has 2 amide bonds. The van der Waals surface area contributed by atoms with Crippen LogP contribution in [0.1, 0.15) is 11.1 Å². The molecule has 0 saturated carbocycles. The van der Waals surface area contributed by atoms with Crippen LogP contribution in [0.15, 0.2) is 34.8 Å². The van der Waals surface area contributed by atoms with Crippen molar-refractivity contribution in [3.8, 4) is 17.2 Å². The van der Waals surface area contributed by atoms with Gasteiger partial charge in [-0.2, -0.15) is 0 Å². The maximum Gasteiger partial charge on any atom is 0.319 e. The van der Waals surface area contributed by atoms with Crippen molar-refractivity contribution in [2.45, 2.75) is 13.5 Å². The van der Waals surface area contributed by atoms with Gasteiger partial charge < -0.3 is 24.8 Å². The number of nitrogens with one attached hydrogen (secondary N) is 2. The number of halogens is 1. The molecule has 0 saturated heterocycles. The molecule has 2 aromatic carbocycles. The number of amides is 2.